The number of rotatable bonds is 2. The Morgan fingerprint density at radius 3 is 2.79 bits per heavy atom. The van der Waals surface area contributed by atoms with Crippen LogP contribution >= 0.6 is 21.6 Å². The van der Waals surface area contributed by atoms with Crippen LogP contribution in [0.1, 0.15) is 6.42 Å². The number of imidazole rings is 1. The Morgan fingerprint density at radius 2 is 2.21 bits per heavy atom. The minimum Gasteiger partial charge on any atom is -0.510 e. The van der Waals surface area contributed by atoms with E-state index >= 15 is 0 Å². The van der Waals surface area contributed by atoms with Gasteiger partial charge in [-0.2, -0.15) is 0 Å². The molecule has 0 spiro atoms. The maximum absolute atomic E-state index is 9.06. The molecule has 1 aliphatic heterocycles. The second kappa shape index (κ2) is 3.97. The van der Waals surface area contributed by atoms with Crippen molar-refractivity contribution in [3.8, 4) is 5.88 Å². The van der Waals surface area contributed by atoms with Crippen molar-refractivity contribution in [3.05, 3.63) is 18.2 Å². The van der Waals surface area contributed by atoms with Crippen LogP contribution in [-0.2, 0) is 0 Å². The van der Waals surface area contributed by atoms with Gasteiger partial charge in [0.15, 0.2) is 5.16 Å². The summed E-state index contributed by atoms with van der Waals surface area (Å²) < 4.78 is 0. The molecule has 0 radical (unpaired) electrons. The first-order valence-electron chi connectivity index (χ1n) is 3.77. The van der Waals surface area contributed by atoms with E-state index in [9.17, 15) is 0 Å². The van der Waals surface area contributed by atoms with E-state index in [2.05, 4.69) is 15.0 Å². The van der Waals surface area contributed by atoms with Gasteiger partial charge in [-0.15, -0.1) is 0 Å². The molecule has 3 N–H and O–H groups in total. The van der Waals surface area contributed by atoms with Crippen LogP contribution in [-0.4, -0.2) is 25.2 Å². The van der Waals surface area contributed by atoms with Crippen molar-refractivity contribution in [3.63, 3.8) is 0 Å². The topological polar surface area (TPSA) is 81.5 Å². The quantitative estimate of drug-likeness (QED) is 0.676. The lowest BCUT2D eigenvalue weighted by Gasteiger charge is -1.96. The number of hydrogen-bond acceptors (Lipinski definition) is 6. The zero-order valence-electron chi connectivity index (χ0n) is 6.97. The minimum absolute atomic E-state index is 0.0439. The standard InChI is InChI=1S/C7H7N3O2S2/c11-4-1-6(8-2-4)13-14-7-9-3-5(12)10-7/h2-3,11-12H,1H2,(H,9,10). The van der Waals surface area contributed by atoms with Gasteiger partial charge < -0.3 is 15.2 Å². The van der Waals surface area contributed by atoms with Crippen LogP contribution in [0.3, 0.4) is 0 Å². The molecule has 0 aliphatic carbocycles. The van der Waals surface area contributed by atoms with E-state index in [1.165, 1.54) is 34.0 Å². The van der Waals surface area contributed by atoms with Crippen molar-refractivity contribution in [1.82, 2.24) is 9.97 Å². The van der Waals surface area contributed by atoms with Gasteiger partial charge >= 0.3 is 0 Å². The number of allylic oxidation sites excluding steroid dienone is 1. The van der Waals surface area contributed by atoms with Gasteiger partial charge in [-0.3, -0.25) is 0 Å². The zero-order valence-corrected chi connectivity index (χ0v) is 8.60. The molecule has 2 heterocycles. The van der Waals surface area contributed by atoms with Gasteiger partial charge in [0.25, 0.3) is 0 Å². The first-order valence-corrected chi connectivity index (χ1v) is 5.92. The van der Waals surface area contributed by atoms with Crippen molar-refractivity contribution in [2.24, 2.45) is 4.99 Å². The smallest absolute Gasteiger partial charge is 0.209 e. The number of nitrogens with zero attached hydrogens (tertiary/aromatic N) is 2. The fourth-order valence-electron chi connectivity index (χ4n) is 0.868. The van der Waals surface area contributed by atoms with E-state index in [0.29, 0.717) is 11.6 Å². The monoisotopic (exact) mass is 229 g/mol. The molecule has 0 aromatic carbocycles. The molecule has 14 heavy (non-hydrogen) atoms. The zero-order chi connectivity index (χ0) is 9.97. The van der Waals surface area contributed by atoms with Crippen molar-refractivity contribution in [2.45, 2.75) is 11.6 Å². The molecule has 0 saturated heterocycles. The van der Waals surface area contributed by atoms with E-state index in [-0.39, 0.29) is 11.6 Å². The fourth-order valence-corrected chi connectivity index (χ4v) is 2.67. The summed E-state index contributed by atoms with van der Waals surface area (Å²) in [5.41, 5.74) is 0. The van der Waals surface area contributed by atoms with Crippen LogP contribution in [0.2, 0.25) is 0 Å². The van der Waals surface area contributed by atoms with E-state index in [4.69, 9.17) is 10.2 Å². The third kappa shape index (κ3) is 2.24. The second-order valence-corrected chi connectivity index (χ2v) is 4.75. The highest BCUT2D eigenvalue weighted by Crippen LogP contribution is 2.33. The number of aromatic amines is 1. The largest absolute Gasteiger partial charge is 0.510 e. The van der Waals surface area contributed by atoms with Gasteiger partial charge in [0.1, 0.15) is 5.76 Å². The van der Waals surface area contributed by atoms with Gasteiger partial charge in [0.05, 0.1) is 23.9 Å². The second-order valence-electron chi connectivity index (χ2n) is 2.56. The summed E-state index contributed by atoms with van der Waals surface area (Å²) in [4.78, 5) is 10.5. The average molecular weight is 229 g/mol. The molecular formula is C7H7N3O2S2. The summed E-state index contributed by atoms with van der Waals surface area (Å²) in [7, 11) is 2.76. The highest BCUT2D eigenvalue weighted by molar-refractivity contribution is 8.82. The van der Waals surface area contributed by atoms with E-state index in [0.717, 1.165) is 5.04 Å². The first kappa shape index (κ1) is 9.47. The molecule has 74 valence electrons. The first-order chi connectivity index (χ1) is 6.74. The third-order valence-electron chi connectivity index (χ3n) is 1.45. The molecule has 5 nitrogen and oxygen atoms in total. The Kier molecular flexibility index (Phi) is 2.69. The number of aliphatic hydroxyl groups is 1. The fraction of sp³-hybridized carbons (Fsp3) is 0.143. The lowest BCUT2D eigenvalue weighted by molar-refractivity contribution is 0.407. The summed E-state index contributed by atoms with van der Waals surface area (Å²) >= 11 is 0. The number of nitrogens with one attached hydrogen (secondary N) is 1. The van der Waals surface area contributed by atoms with Crippen molar-refractivity contribution in [1.29, 1.82) is 0 Å². The van der Waals surface area contributed by atoms with Crippen LogP contribution in [0.15, 0.2) is 28.3 Å². The predicted octanol–water partition coefficient (Wildman–Crippen LogP) is 2.06. The predicted molar refractivity (Wildman–Crippen MR) is 56.5 cm³/mol. The molecule has 0 amide bonds. The SMILES string of the molecule is OC1=CN=C(SSc2ncc(O)[nH]2)C1. The Bertz CT molecular complexity index is 399. The number of H-pyrrole nitrogens is 1. The van der Waals surface area contributed by atoms with Gasteiger partial charge in [0, 0.05) is 0 Å². The maximum Gasteiger partial charge on any atom is 0.209 e. The van der Waals surface area contributed by atoms with Crippen molar-refractivity contribution >= 4 is 26.6 Å². The molecule has 1 aliphatic rings. The molecule has 0 atom stereocenters. The molecule has 0 fully saturated rings. The summed E-state index contributed by atoms with van der Waals surface area (Å²) in [6, 6.07) is 0. The summed E-state index contributed by atoms with van der Waals surface area (Å²) in [6.07, 6.45) is 3.25. The summed E-state index contributed by atoms with van der Waals surface area (Å²) in [5.74, 6) is 0.317. The summed E-state index contributed by atoms with van der Waals surface area (Å²) in [5, 5.41) is 19.5. The number of aromatic hydroxyl groups is 1. The molecular weight excluding hydrogens is 222 g/mol. The molecule has 0 unspecified atom stereocenters. The van der Waals surface area contributed by atoms with Gasteiger partial charge in [0.2, 0.25) is 5.88 Å². The van der Waals surface area contributed by atoms with Gasteiger partial charge in [-0.25, -0.2) is 9.98 Å². The van der Waals surface area contributed by atoms with E-state index in [1.54, 1.807) is 0 Å². The van der Waals surface area contributed by atoms with E-state index < -0.39 is 0 Å². The molecule has 0 bridgehead atoms. The number of aromatic nitrogens is 2. The number of aliphatic imine (C=N–C) groups is 1. The Hall–Kier alpha value is -1.08. The molecule has 7 heteroatoms. The molecule has 0 saturated carbocycles. The number of hydrogen-bond donors (Lipinski definition) is 3. The van der Waals surface area contributed by atoms with Crippen LogP contribution in [0.4, 0.5) is 0 Å². The molecule has 1 aromatic rings. The minimum atomic E-state index is 0.0439. The maximum atomic E-state index is 9.06. The number of aliphatic hydroxyl groups excluding tert-OH is 1. The Labute approximate surface area is 87.8 Å². The van der Waals surface area contributed by atoms with Crippen LogP contribution < -0.4 is 0 Å². The van der Waals surface area contributed by atoms with Crippen molar-refractivity contribution < 1.29 is 10.2 Å². The Morgan fingerprint density at radius 1 is 1.36 bits per heavy atom. The van der Waals surface area contributed by atoms with Crippen LogP contribution in [0, 0.1) is 0 Å². The van der Waals surface area contributed by atoms with Crippen LogP contribution in [0.5, 0.6) is 5.88 Å². The van der Waals surface area contributed by atoms with Crippen molar-refractivity contribution in [2.75, 3.05) is 0 Å². The summed E-state index contributed by atoms with van der Waals surface area (Å²) in [6.45, 7) is 0. The lowest BCUT2D eigenvalue weighted by Crippen LogP contribution is -1.86. The van der Waals surface area contributed by atoms with Crippen LogP contribution in [0.25, 0.3) is 0 Å². The van der Waals surface area contributed by atoms with Gasteiger partial charge in [-0.05, 0) is 21.6 Å². The Balaban J connectivity index is 1.84. The highest BCUT2D eigenvalue weighted by Gasteiger charge is 2.11. The lowest BCUT2D eigenvalue weighted by atomic mass is 10.4. The molecule has 2 rings (SSSR count). The normalized spacial score (nSPS) is 15.4. The molecule has 1 aromatic heterocycles. The van der Waals surface area contributed by atoms with Gasteiger partial charge in [-0.1, -0.05) is 0 Å². The van der Waals surface area contributed by atoms with E-state index in [1.807, 2.05) is 0 Å². The average Bonchev–Trinajstić information content (AvgIpc) is 2.72. The highest BCUT2D eigenvalue weighted by atomic mass is 33.1. The third-order valence-corrected chi connectivity index (χ3v) is 3.64.